The van der Waals surface area contributed by atoms with E-state index in [0.717, 1.165) is 0 Å². The lowest BCUT2D eigenvalue weighted by Gasteiger charge is -2.23. The molecule has 1 atom stereocenters. The minimum atomic E-state index is -2.88. The Labute approximate surface area is 179 Å². The Morgan fingerprint density at radius 3 is 2.53 bits per heavy atom. The summed E-state index contributed by atoms with van der Waals surface area (Å²) in [5.74, 6) is -3.97. The molecule has 1 aliphatic heterocycles. The topological polar surface area (TPSA) is 77.0 Å². The number of nitrogens with two attached hydrogens (primary N) is 1. The second-order valence-electron chi connectivity index (χ2n) is 7.54. The van der Waals surface area contributed by atoms with Gasteiger partial charge in [-0.05, 0) is 29.7 Å². The third-order valence-electron chi connectivity index (χ3n) is 5.28. The van der Waals surface area contributed by atoms with Gasteiger partial charge in [0.25, 0.3) is 6.43 Å². The van der Waals surface area contributed by atoms with Gasteiger partial charge in [0.1, 0.15) is 5.82 Å². The maximum Gasteiger partial charge on any atom is 0.284 e. The monoisotopic (exact) mass is 451 g/mol. The first-order valence-electron chi connectivity index (χ1n) is 9.72. The van der Waals surface area contributed by atoms with Gasteiger partial charge in [-0.3, -0.25) is 4.79 Å². The van der Waals surface area contributed by atoms with Gasteiger partial charge in [0.15, 0.2) is 17.3 Å². The number of fused-ring (bicyclic) bond motifs is 3. The Hall–Kier alpha value is -3.34. The van der Waals surface area contributed by atoms with E-state index in [1.165, 1.54) is 9.58 Å². The Bertz CT molecular complexity index is 1170. The Kier molecular flexibility index (Phi) is 5.92. The van der Waals surface area contributed by atoms with E-state index < -0.39 is 41.5 Å². The van der Waals surface area contributed by atoms with Crippen molar-refractivity contribution < 1.29 is 26.7 Å². The zero-order valence-corrected chi connectivity index (χ0v) is 16.6. The first-order valence-corrected chi connectivity index (χ1v) is 9.72. The van der Waals surface area contributed by atoms with Gasteiger partial charge in [0.2, 0.25) is 5.91 Å². The van der Waals surface area contributed by atoms with Crippen molar-refractivity contribution in [2.45, 2.75) is 38.4 Å². The number of halogens is 5. The molecule has 4 rings (SSSR count). The van der Waals surface area contributed by atoms with Crippen molar-refractivity contribution >= 4 is 5.91 Å². The van der Waals surface area contributed by atoms with E-state index in [0.29, 0.717) is 23.4 Å². The Balaban J connectivity index is 1.56. The van der Waals surface area contributed by atoms with E-state index in [2.05, 4.69) is 10.3 Å². The summed E-state index contributed by atoms with van der Waals surface area (Å²) in [7, 11) is 0. The van der Waals surface area contributed by atoms with Crippen LogP contribution in [-0.2, 0) is 24.3 Å². The number of aromatic nitrogens is 3. The molecule has 2 aromatic carbocycles. The van der Waals surface area contributed by atoms with Gasteiger partial charge in [-0.2, -0.15) is 0 Å². The van der Waals surface area contributed by atoms with Crippen molar-refractivity contribution in [2.75, 3.05) is 0 Å². The number of hydrogen-bond acceptors (Lipinski definition) is 4. The van der Waals surface area contributed by atoms with Gasteiger partial charge in [-0.25, -0.2) is 26.6 Å². The number of hydrogen-bond donors (Lipinski definition) is 1. The van der Waals surface area contributed by atoms with Crippen LogP contribution in [0.1, 0.15) is 35.4 Å². The molecule has 168 valence electrons. The van der Waals surface area contributed by atoms with Crippen LogP contribution in [0.3, 0.4) is 0 Å². The second kappa shape index (κ2) is 8.65. The second-order valence-corrected chi connectivity index (χ2v) is 7.54. The number of alkyl halides is 2. The van der Waals surface area contributed by atoms with Crippen molar-refractivity contribution in [3.63, 3.8) is 0 Å². The summed E-state index contributed by atoms with van der Waals surface area (Å²) in [6.07, 6.45) is -3.34. The molecule has 0 aliphatic carbocycles. The minimum absolute atomic E-state index is 0.0820. The standard InChI is InChI=1S/C21H18F5N5O/c22-14-8-16(24)15(23)6-12(14)5-13(27)7-19(32)30-9-11-3-1-2-4-17(11)31-18(10-30)20(21(25)26)28-29-31/h1-4,6,8,13,21H,5,7,9-10,27H2/t13-/m1/s1. The number of carbonyl (C=O) groups excluding carboxylic acids is 1. The fourth-order valence-electron chi connectivity index (χ4n) is 3.72. The summed E-state index contributed by atoms with van der Waals surface area (Å²) >= 11 is 0. The van der Waals surface area contributed by atoms with Gasteiger partial charge < -0.3 is 10.6 Å². The molecule has 0 saturated heterocycles. The summed E-state index contributed by atoms with van der Waals surface area (Å²) in [5.41, 5.74) is 6.58. The number of carbonyl (C=O) groups is 1. The van der Waals surface area contributed by atoms with Crippen LogP contribution in [0.25, 0.3) is 5.69 Å². The van der Waals surface area contributed by atoms with Crippen LogP contribution < -0.4 is 5.73 Å². The van der Waals surface area contributed by atoms with Crippen LogP contribution in [-0.4, -0.2) is 31.8 Å². The van der Waals surface area contributed by atoms with Gasteiger partial charge in [0.05, 0.1) is 17.9 Å². The number of amides is 1. The molecule has 2 N–H and O–H groups in total. The molecule has 0 radical (unpaired) electrons. The molecule has 6 nitrogen and oxygen atoms in total. The summed E-state index contributed by atoms with van der Waals surface area (Å²) in [4.78, 5) is 14.3. The number of benzene rings is 2. The van der Waals surface area contributed by atoms with Gasteiger partial charge >= 0.3 is 0 Å². The maximum absolute atomic E-state index is 13.9. The lowest BCUT2D eigenvalue weighted by atomic mass is 10.0. The van der Waals surface area contributed by atoms with Crippen molar-refractivity contribution in [3.05, 3.63) is 76.4 Å². The largest absolute Gasteiger partial charge is 0.332 e. The molecule has 0 bridgehead atoms. The molecule has 2 heterocycles. The van der Waals surface area contributed by atoms with E-state index >= 15 is 0 Å². The molecule has 0 saturated carbocycles. The molecule has 11 heteroatoms. The Morgan fingerprint density at radius 1 is 1.06 bits per heavy atom. The molecular weight excluding hydrogens is 433 g/mol. The van der Waals surface area contributed by atoms with Gasteiger partial charge in [-0.1, -0.05) is 23.4 Å². The van der Waals surface area contributed by atoms with Crippen LogP contribution in [0, 0.1) is 17.5 Å². The fraction of sp³-hybridized carbons (Fsp3) is 0.286. The normalized spacial score (nSPS) is 14.2. The average Bonchev–Trinajstić information content (AvgIpc) is 3.08. The molecule has 1 aromatic heterocycles. The smallest absolute Gasteiger partial charge is 0.284 e. The predicted octanol–water partition coefficient (Wildman–Crippen LogP) is 3.42. The first kappa shape index (κ1) is 21.9. The molecule has 3 aromatic rings. The molecule has 1 amide bonds. The van der Waals surface area contributed by atoms with Crippen LogP contribution in [0.4, 0.5) is 22.0 Å². The molecule has 0 fully saturated rings. The molecular formula is C21H18F5N5O. The average molecular weight is 451 g/mol. The summed E-state index contributed by atoms with van der Waals surface area (Å²) < 4.78 is 68.6. The maximum atomic E-state index is 13.9. The van der Waals surface area contributed by atoms with E-state index in [1.807, 2.05) is 0 Å². The number of nitrogens with zero attached hydrogens (tertiary/aromatic N) is 4. The van der Waals surface area contributed by atoms with E-state index in [4.69, 9.17) is 5.73 Å². The molecule has 1 aliphatic rings. The first-order chi connectivity index (χ1) is 15.2. The molecule has 32 heavy (non-hydrogen) atoms. The molecule has 0 unspecified atom stereocenters. The molecule has 0 spiro atoms. The van der Waals surface area contributed by atoms with Crippen LogP contribution in [0.15, 0.2) is 36.4 Å². The lowest BCUT2D eigenvalue weighted by molar-refractivity contribution is -0.132. The van der Waals surface area contributed by atoms with Crippen molar-refractivity contribution in [1.82, 2.24) is 19.9 Å². The van der Waals surface area contributed by atoms with E-state index in [9.17, 15) is 26.7 Å². The minimum Gasteiger partial charge on any atom is -0.332 e. The third kappa shape index (κ3) is 4.20. The van der Waals surface area contributed by atoms with Crippen molar-refractivity contribution in [1.29, 1.82) is 0 Å². The highest BCUT2D eigenvalue weighted by Gasteiger charge is 2.30. The van der Waals surface area contributed by atoms with Crippen molar-refractivity contribution in [2.24, 2.45) is 5.73 Å². The lowest BCUT2D eigenvalue weighted by Crippen LogP contribution is -2.36. The van der Waals surface area contributed by atoms with E-state index in [1.54, 1.807) is 24.3 Å². The van der Waals surface area contributed by atoms with Crippen LogP contribution in [0.2, 0.25) is 0 Å². The third-order valence-corrected chi connectivity index (χ3v) is 5.28. The highest BCUT2D eigenvalue weighted by Crippen LogP contribution is 2.29. The quantitative estimate of drug-likeness (QED) is 0.477. The van der Waals surface area contributed by atoms with E-state index in [-0.39, 0.29) is 37.2 Å². The fourth-order valence-corrected chi connectivity index (χ4v) is 3.72. The predicted molar refractivity (Wildman–Crippen MR) is 103 cm³/mol. The number of para-hydroxylation sites is 1. The SMILES string of the molecule is N[C@@H](CC(=O)N1Cc2ccccc2-n2nnc(C(F)F)c2C1)Cc1cc(F)c(F)cc1F. The highest BCUT2D eigenvalue weighted by molar-refractivity contribution is 5.77. The summed E-state index contributed by atoms with van der Waals surface area (Å²) in [6, 6.07) is 7.11. The number of rotatable bonds is 5. The zero-order chi connectivity index (χ0) is 23.0. The van der Waals surface area contributed by atoms with Crippen LogP contribution >= 0.6 is 0 Å². The van der Waals surface area contributed by atoms with Gasteiger partial charge in [0, 0.05) is 25.1 Å². The van der Waals surface area contributed by atoms with Crippen LogP contribution in [0.5, 0.6) is 0 Å². The highest BCUT2D eigenvalue weighted by atomic mass is 19.3. The van der Waals surface area contributed by atoms with Crippen molar-refractivity contribution in [3.8, 4) is 5.69 Å². The Morgan fingerprint density at radius 2 is 1.78 bits per heavy atom. The summed E-state index contributed by atoms with van der Waals surface area (Å²) in [5, 5.41) is 7.40. The zero-order valence-electron chi connectivity index (χ0n) is 16.6. The summed E-state index contributed by atoms with van der Waals surface area (Å²) in [6.45, 7) is -0.0558. The van der Waals surface area contributed by atoms with Gasteiger partial charge in [-0.15, -0.1) is 5.10 Å².